The van der Waals surface area contributed by atoms with Crippen molar-refractivity contribution in [3.8, 4) is 0 Å². The Kier molecular flexibility index (Phi) is 2.75. The van der Waals surface area contributed by atoms with Gasteiger partial charge in [0.15, 0.2) is 5.79 Å². The van der Waals surface area contributed by atoms with Gasteiger partial charge < -0.3 is 14.2 Å². The van der Waals surface area contributed by atoms with Crippen molar-refractivity contribution in [1.82, 2.24) is 0 Å². The van der Waals surface area contributed by atoms with Crippen molar-refractivity contribution in [3.05, 3.63) is 0 Å². The molecule has 16 heavy (non-hydrogen) atoms. The molecule has 1 saturated carbocycles. The molecule has 0 N–H and O–H groups in total. The zero-order valence-electron chi connectivity index (χ0n) is 10.4. The summed E-state index contributed by atoms with van der Waals surface area (Å²) in [6.45, 7) is 7.43. The highest BCUT2D eigenvalue weighted by Gasteiger charge is 2.64. The predicted octanol–water partition coefficient (Wildman–Crippen LogP) is 1.58. The molecule has 0 aromatic rings. The molecule has 4 heteroatoms. The van der Waals surface area contributed by atoms with Crippen LogP contribution in [0.1, 0.15) is 27.2 Å². The van der Waals surface area contributed by atoms with Crippen LogP contribution in [0.5, 0.6) is 0 Å². The molecule has 0 aromatic carbocycles. The van der Waals surface area contributed by atoms with Crippen LogP contribution >= 0.6 is 0 Å². The lowest BCUT2D eigenvalue weighted by Gasteiger charge is -2.22. The summed E-state index contributed by atoms with van der Waals surface area (Å²) in [6.07, 6.45) is 0.764. The highest BCUT2D eigenvalue weighted by Crippen LogP contribution is 2.62. The smallest absolute Gasteiger partial charge is 0.309 e. The molecule has 0 amide bonds. The topological polar surface area (TPSA) is 44.8 Å². The highest BCUT2D eigenvalue weighted by molar-refractivity contribution is 5.77. The summed E-state index contributed by atoms with van der Waals surface area (Å²) in [5.74, 6) is -0.341. The first-order chi connectivity index (χ1) is 7.41. The molecule has 1 aliphatic heterocycles. The zero-order valence-corrected chi connectivity index (χ0v) is 10.4. The quantitative estimate of drug-likeness (QED) is 0.688. The second-order valence-corrected chi connectivity index (χ2v) is 5.46. The van der Waals surface area contributed by atoms with E-state index in [1.54, 1.807) is 0 Å². The molecular formula is C12H20O4. The maximum Gasteiger partial charge on any atom is 0.309 e. The van der Waals surface area contributed by atoms with Crippen LogP contribution in [-0.2, 0) is 19.0 Å². The number of hydrogen-bond donors (Lipinski definition) is 0. The summed E-state index contributed by atoms with van der Waals surface area (Å²) in [5.41, 5.74) is 0.00537. The van der Waals surface area contributed by atoms with E-state index in [1.165, 1.54) is 7.11 Å². The van der Waals surface area contributed by atoms with Gasteiger partial charge in [0.1, 0.15) is 0 Å². The van der Waals surface area contributed by atoms with E-state index < -0.39 is 5.79 Å². The van der Waals surface area contributed by atoms with Gasteiger partial charge in [0, 0.05) is 6.42 Å². The summed E-state index contributed by atoms with van der Waals surface area (Å²) in [5, 5.41) is 0. The fourth-order valence-corrected chi connectivity index (χ4v) is 2.79. The Morgan fingerprint density at radius 3 is 2.38 bits per heavy atom. The van der Waals surface area contributed by atoms with Crippen molar-refractivity contribution in [3.63, 3.8) is 0 Å². The van der Waals surface area contributed by atoms with Crippen LogP contribution in [0, 0.1) is 17.3 Å². The number of carbonyl (C=O) groups excluding carboxylic acids is 1. The van der Waals surface area contributed by atoms with E-state index >= 15 is 0 Å². The molecule has 2 aliphatic rings. The van der Waals surface area contributed by atoms with Gasteiger partial charge in [-0.2, -0.15) is 0 Å². The molecule has 0 radical (unpaired) electrons. The summed E-state index contributed by atoms with van der Waals surface area (Å²) < 4.78 is 16.0. The van der Waals surface area contributed by atoms with E-state index in [2.05, 4.69) is 13.8 Å². The third-order valence-electron chi connectivity index (χ3n) is 3.99. The second kappa shape index (κ2) is 3.70. The summed E-state index contributed by atoms with van der Waals surface area (Å²) in [4.78, 5) is 11.6. The average molecular weight is 228 g/mol. The van der Waals surface area contributed by atoms with Crippen LogP contribution in [0.4, 0.5) is 0 Å². The molecule has 2 fully saturated rings. The van der Waals surface area contributed by atoms with Gasteiger partial charge in [-0.25, -0.2) is 0 Å². The number of carbonyl (C=O) groups is 1. The van der Waals surface area contributed by atoms with E-state index in [-0.39, 0.29) is 17.3 Å². The second-order valence-electron chi connectivity index (χ2n) is 5.46. The largest absolute Gasteiger partial charge is 0.469 e. The zero-order chi connectivity index (χ0) is 12.0. The van der Waals surface area contributed by atoms with E-state index in [0.29, 0.717) is 19.1 Å². The molecule has 0 bridgehead atoms. The van der Waals surface area contributed by atoms with Gasteiger partial charge in [-0.3, -0.25) is 4.79 Å². The minimum Gasteiger partial charge on any atom is -0.469 e. The van der Waals surface area contributed by atoms with Gasteiger partial charge in [0.2, 0.25) is 0 Å². The van der Waals surface area contributed by atoms with E-state index in [0.717, 1.165) is 6.42 Å². The Balaban J connectivity index is 1.99. The van der Waals surface area contributed by atoms with Crippen LogP contribution in [0.25, 0.3) is 0 Å². The van der Waals surface area contributed by atoms with Crippen LogP contribution in [0.15, 0.2) is 0 Å². The van der Waals surface area contributed by atoms with Gasteiger partial charge in [-0.15, -0.1) is 0 Å². The molecule has 4 nitrogen and oxygen atoms in total. The summed E-state index contributed by atoms with van der Waals surface area (Å²) in [6, 6.07) is 0. The van der Waals surface area contributed by atoms with Crippen molar-refractivity contribution < 1.29 is 19.0 Å². The van der Waals surface area contributed by atoms with Gasteiger partial charge >= 0.3 is 5.97 Å². The van der Waals surface area contributed by atoms with Crippen molar-refractivity contribution >= 4 is 5.97 Å². The maximum atomic E-state index is 11.6. The summed E-state index contributed by atoms with van der Waals surface area (Å²) in [7, 11) is 1.44. The van der Waals surface area contributed by atoms with Crippen LogP contribution < -0.4 is 0 Å². The first-order valence-electron chi connectivity index (χ1n) is 5.76. The molecule has 0 aromatic heterocycles. The van der Waals surface area contributed by atoms with E-state index in [4.69, 9.17) is 14.2 Å². The monoisotopic (exact) mass is 228 g/mol. The third-order valence-corrected chi connectivity index (χ3v) is 3.99. The molecule has 1 saturated heterocycles. The fraction of sp³-hybridized carbons (Fsp3) is 0.917. The Bertz CT molecular complexity index is 291. The predicted molar refractivity (Wildman–Crippen MR) is 57.7 cm³/mol. The van der Waals surface area contributed by atoms with Crippen molar-refractivity contribution in [2.24, 2.45) is 17.3 Å². The van der Waals surface area contributed by atoms with Gasteiger partial charge in [0.25, 0.3) is 0 Å². The van der Waals surface area contributed by atoms with Gasteiger partial charge in [-0.05, 0) is 18.3 Å². The average Bonchev–Trinajstić information content (AvgIpc) is 2.60. The number of esters is 1. The van der Waals surface area contributed by atoms with Crippen molar-refractivity contribution in [2.45, 2.75) is 33.0 Å². The number of hydrogen-bond acceptors (Lipinski definition) is 4. The molecule has 1 aliphatic carbocycles. The Morgan fingerprint density at radius 1 is 1.31 bits per heavy atom. The van der Waals surface area contributed by atoms with Crippen molar-refractivity contribution in [2.75, 3.05) is 20.3 Å². The SMILES string of the molecule is COC(=O)[C@@H]1[C@H](CC2(C)OCCO2)C1(C)C. The Hall–Kier alpha value is -0.610. The first kappa shape index (κ1) is 11.9. The number of ether oxygens (including phenoxy) is 3. The molecular weight excluding hydrogens is 208 g/mol. The molecule has 2 rings (SSSR count). The van der Waals surface area contributed by atoms with Crippen molar-refractivity contribution in [1.29, 1.82) is 0 Å². The van der Waals surface area contributed by atoms with Crippen LogP contribution in [0.3, 0.4) is 0 Å². The molecule has 0 unspecified atom stereocenters. The van der Waals surface area contributed by atoms with Gasteiger partial charge in [0.05, 0.1) is 26.2 Å². The number of methoxy groups -OCH3 is 1. The lowest BCUT2D eigenvalue weighted by atomic mass is 10.0. The van der Waals surface area contributed by atoms with E-state index in [1.807, 2.05) is 6.92 Å². The molecule has 0 spiro atoms. The van der Waals surface area contributed by atoms with Crippen LogP contribution in [0.2, 0.25) is 0 Å². The lowest BCUT2D eigenvalue weighted by Crippen LogP contribution is -2.27. The summed E-state index contributed by atoms with van der Waals surface area (Å²) >= 11 is 0. The fourth-order valence-electron chi connectivity index (χ4n) is 2.79. The minimum atomic E-state index is -0.509. The first-order valence-corrected chi connectivity index (χ1v) is 5.76. The normalized spacial score (nSPS) is 34.8. The minimum absolute atomic E-state index is 0.00537. The molecule has 2 atom stereocenters. The Labute approximate surface area is 96.2 Å². The highest BCUT2D eigenvalue weighted by atomic mass is 16.7. The third kappa shape index (κ3) is 1.84. The Morgan fingerprint density at radius 2 is 1.88 bits per heavy atom. The molecule has 1 heterocycles. The lowest BCUT2D eigenvalue weighted by molar-refractivity contribution is -0.153. The number of rotatable bonds is 3. The van der Waals surface area contributed by atoms with Crippen LogP contribution in [-0.4, -0.2) is 32.1 Å². The molecule has 92 valence electrons. The van der Waals surface area contributed by atoms with Gasteiger partial charge in [-0.1, -0.05) is 13.8 Å². The maximum absolute atomic E-state index is 11.6. The standard InChI is InChI=1S/C12H20O4/c1-11(2)8(9(11)10(13)14-4)7-12(3)15-5-6-16-12/h8-9H,5-7H2,1-4H3/t8-,9-/m0/s1. The van der Waals surface area contributed by atoms with E-state index in [9.17, 15) is 4.79 Å².